The highest BCUT2D eigenvalue weighted by Crippen LogP contribution is 2.49. The molecule has 5 nitrogen and oxygen atoms in total. The number of benzene rings is 2. The first-order valence-corrected chi connectivity index (χ1v) is 9.05. The minimum Gasteiger partial charge on any atom is -0.357 e. The van der Waals surface area contributed by atoms with Gasteiger partial charge in [0, 0.05) is 29.8 Å². The molecule has 4 aromatic rings. The fraction of sp³-hybridized carbons (Fsp3) is 0.286. The van der Waals surface area contributed by atoms with Gasteiger partial charge >= 0.3 is 0 Å². The molecule has 0 bridgehead atoms. The molecule has 2 aromatic carbocycles. The number of anilines is 1. The number of hydrogen-bond acceptors (Lipinski definition) is 4. The summed E-state index contributed by atoms with van der Waals surface area (Å²) in [4.78, 5) is 2.29. The molecule has 1 aliphatic carbocycles. The number of likely N-dealkylation sites (N-methyl/N-ethyl adjacent to an activating group) is 1. The van der Waals surface area contributed by atoms with Gasteiger partial charge in [0.1, 0.15) is 0 Å². The number of rotatable bonds is 4. The van der Waals surface area contributed by atoms with E-state index < -0.39 is 0 Å². The van der Waals surface area contributed by atoms with Crippen LogP contribution < -0.4 is 4.90 Å². The lowest BCUT2D eigenvalue weighted by atomic mass is 9.95. The molecule has 5 rings (SSSR count). The summed E-state index contributed by atoms with van der Waals surface area (Å²) < 4.78 is 1.86. The third-order valence-electron chi connectivity index (χ3n) is 5.54. The predicted molar refractivity (Wildman–Crippen MR) is 104 cm³/mol. The molecule has 1 saturated carbocycles. The summed E-state index contributed by atoms with van der Waals surface area (Å²) in [6.45, 7) is 2.90. The van der Waals surface area contributed by atoms with Crippen molar-refractivity contribution in [3.63, 3.8) is 0 Å². The Morgan fingerprint density at radius 3 is 2.38 bits per heavy atom. The van der Waals surface area contributed by atoms with Gasteiger partial charge in [0.05, 0.1) is 0 Å². The zero-order chi connectivity index (χ0) is 17.7. The largest absolute Gasteiger partial charge is 0.357 e. The molecular formula is C21H21N5. The number of fused-ring (bicyclic) bond motifs is 3. The van der Waals surface area contributed by atoms with Gasteiger partial charge in [-0.1, -0.05) is 54.6 Å². The summed E-state index contributed by atoms with van der Waals surface area (Å²) in [7, 11) is 2.14. The Hall–Kier alpha value is -2.95. The molecule has 0 atom stereocenters. The first kappa shape index (κ1) is 15.3. The Morgan fingerprint density at radius 2 is 1.65 bits per heavy atom. The van der Waals surface area contributed by atoms with Crippen molar-refractivity contribution < 1.29 is 0 Å². The van der Waals surface area contributed by atoms with Gasteiger partial charge in [0.15, 0.2) is 17.3 Å². The van der Waals surface area contributed by atoms with Crippen LogP contribution in [-0.2, 0) is 5.41 Å². The van der Waals surface area contributed by atoms with E-state index in [4.69, 9.17) is 5.10 Å². The first-order chi connectivity index (χ1) is 12.7. The summed E-state index contributed by atoms with van der Waals surface area (Å²) in [5.41, 5.74) is 2.49. The second-order valence-electron chi connectivity index (χ2n) is 7.35. The molecule has 0 radical (unpaired) electrons. The van der Waals surface area contributed by atoms with E-state index in [1.54, 1.807) is 0 Å². The SMILES string of the molecule is Cc1nnc2c3ccccc3c(N(C)CC3(c4ccccc4)CC3)nn12. The van der Waals surface area contributed by atoms with Gasteiger partial charge in [-0.3, -0.25) is 0 Å². The number of aryl methyl sites for hydroxylation is 1. The van der Waals surface area contributed by atoms with Crippen molar-refractivity contribution in [3.8, 4) is 0 Å². The van der Waals surface area contributed by atoms with E-state index in [1.807, 2.05) is 17.5 Å². The van der Waals surface area contributed by atoms with Crippen molar-refractivity contribution in [2.75, 3.05) is 18.5 Å². The normalized spacial score (nSPS) is 15.5. The molecule has 0 saturated heterocycles. The molecule has 0 spiro atoms. The van der Waals surface area contributed by atoms with Crippen LogP contribution in [0.3, 0.4) is 0 Å². The van der Waals surface area contributed by atoms with Gasteiger partial charge in [-0.05, 0) is 25.3 Å². The van der Waals surface area contributed by atoms with Gasteiger partial charge in [0.25, 0.3) is 0 Å². The van der Waals surface area contributed by atoms with Crippen molar-refractivity contribution in [1.29, 1.82) is 0 Å². The fourth-order valence-corrected chi connectivity index (χ4v) is 3.96. The van der Waals surface area contributed by atoms with Crippen LogP contribution in [0.25, 0.3) is 16.4 Å². The molecule has 130 valence electrons. The highest BCUT2D eigenvalue weighted by atomic mass is 15.4. The molecule has 1 aliphatic rings. The molecular weight excluding hydrogens is 322 g/mol. The van der Waals surface area contributed by atoms with Gasteiger partial charge in [-0.2, -0.15) is 4.52 Å². The second kappa shape index (κ2) is 5.53. The summed E-state index contributed by atoms with van der Waals surface area (Å²) >= 11 is 0. The number of nitrogens with zero attached hydrogens (tertiary/aromatic N) is 5. The Labute approximate surface area is 152 Å². The van der Waals surface area contributed by atoms with Crippen LogP contribution in [0.1, 0.15) is 24.2 Å². The van der Waals surface area contributed by atoms with Crippen LogP contribution in [0, 0.1) is 6.92 Å². The zero-order valence-electron chi connectivity index (χ0n) is 15.1. The monoisotopic (exact) mass is 343 g/mol. The van der Waals surface area contributed by atoms with Crippen LogP contribution in [0.5, 0.6) is 0 Å². The van der Waals surface area contributed by atoms with Crippen LogP contribution >= 0.6 is 0 Å². The third-order valence-corrected chi connectivity index (χ3v) is 5.54. The smallest absolute Gasteiger partial charge is 0.185 e. The molecule has 26 heavy (non-hydrogen) atoms. The standard InChI is InChI=1S/C21H21N5/c1-15-22-23-19-17-10-6-7-11-18(17)20(24-26(15)19)25(2)14-21(12-13-21)16-8-4-3-5-9-16/h3-11H,12-14H2,1-2H3. The van der Waals surface area contributed by atoms with E-state index in [2.05, 4.69) is 70.7 Å². The maximum absolute atomic E-state index is 4.89. The van der Waals surface area contributed by atoms with Crippen LogP contribution in [-0.4, -0.2) is 33.4 Å². The summed E-state index contributed by atoms with van der Waals surface area (Å²) in [5.74, 6) is 1.79. The fourth-order valence-electron chi connectivity index (χ4n) is 3.96. The Bertz CT molecular complexity index is 1100. The minimum atomic E-state index is 0.246. The Kier molecular flexibility index (Phi) is 3.26. The molecule has 0 N–H and O–H groups in total. The van der Waals surface area contributed by atoms with E-state index >= 15 is 0 Å². The van der Waals surface area contributed by atoms with Crippen LogP contribution in [0.4, 0.5) is 5.82 Å². The maximum atomic E-state index is 4.89. The Balaban J connectivity index is 1.61. The van der Waals surface area contributed by atoms with Crippen molar-refractivity contribution >= 4 is 22.2 Å². The lowest BCUT2D eigenvalue weighted by Gasteiger charge is -2.26. The zero-order valence-corrected chi connectivity index (χ0v) is 15.1. The molecule has 1 fully saturated rings. The van der Waals surface area contributed by atoms with Crippen molar-refractivity contribution in [2.24, 2.45) is 0 Å². The molecule has 0 unspecified atom stereocenters. The molecule has 5 heteroatoms. The first-order valence-electron chi connectivity index (χ1n) is 9.05. The van der Waals surface area contributed by atoms with Gasteiger partial charge in [-0.15, -0.1) is 15.3 Å². The quantitative estimate of drug-likeness (QED) is 0.566. The van der Waals surface area contributed by atoms with E-state index in [0.29, 0.717) is 0 Å². The molecule has 0 aliphatic heterocycles. The van der Waals surface area contributed by atoms with E-state index in [9.17, 15) is 0 Å². The summed E-state index contributed by atoms with van der Waals surface area (Å²) in [6, 6.07) is 19.2. The molecule has 2 heterocycles. The highest BCUT2D eigenvalue weighted by Gasteiger charge is 2.45. The van der Waals surface area contributed by atoms with Crippen molar-refractivity contribution in [2.45, 2.75) is 25.2 Å². The van der Waals surface area contributed by atoms with Crippen LogP contribution in [0.15, 0.2) is 54.6 Å². The van der Waals surface area contributed by atoms with Crippen molar-refractivity contribution in [1.82, 2.24) is 19.8 Å². The minimum absolute atomic E-state index is 0.246. The number of hydrogen-bond donors (Lipinski definition) is 0. The lowest BCUT2D eigenvalue weighted by Crippen LogP contribution is -2.30. The maximum Gasteiger partial charge on any atom is 0.185 e. The summed E-state index contributed by atoms with van der Waals surface area (Å²) in [6.07, 6.45) is 2.46. The van der Waals surface area contributed by atoms with Crippen molar-refractivity contribution in [3.05, 3.63) is 66.0 Å². The lowest BCUT2D eigenvalue weighted by molar-refractivity contribution is 0.664. The Morgan fingerprint density at radius 1 is 0.962 bits per heavy atom. The number of aromatic nitrogens is 4. The summed E-state index contributed by atoms with van der Waals surface area (Å²) in [5, 5.41) is 15.6. The third kappa shape index (κ3) is 2.27. The average molecular weight is 343 g/mol. The molecule has 0 amide bonds. The second-order valence-corrected chi connectivity index (χ2v) is 7.35. The van der Waals surface area contributed by atoms with Gasteiger partial charge < -0.3 is 4.90 Å². The molecule has 2 aromatic heterocycles. The van der Waals surface area contributed by atoms with E-state index in [-0.39, 0.29) is 5.41 Å². The topological polar surface area (TPSA) is 46.3 Å². The van der Waals surface area contributed by atoms with E-state index in [1.165, 1.54) is 18.4 Å². The van der Waals surface area contributed by atoms with Gasteiger partial charge in [-0.25, -0.2) is 0 Å². The van der Waals surface area contributed by atoms with Crippen LogP contribution in [0.2, 0.25) is 0 Å². The van der Waals surface area contributed by atoms with E-state index in [0.717, 1.165) is 34.6 Å². The average Bonchev–Trinajstić information content (AvgIpc) is 3.37. The predicted octanol–water partition coefficient (Wildman–Crippen LogP) is 3.75. The highest BCUT2D eigenvalue weighted by molar-refractivity contribution is 6.00. The van der Waals surface area contributed by atoms with Gasteiger partial charge in [0.2, 0.25) is 0 Å².